The maximum Gasteiger partial charge on any atom is 0.227 e. The maximum atomic E-state index is 12.1. The summed E-state index contributed by atoms with van der Waals surface area (Å²) in [6, 6.07) is 0. The molecule has 1 fully saturated rings. The van der Waals surface area contributed by atoms with Gasteiger partial charge in [0.05, 0.1) is 5.92 Å². The van der Waals surface area contributed by atoms with E-state index >= 15 is 0 Å². The van der Waals surface area contributed by atoms with Crippen LogP contribution in [0.15, 0.2) is 0 Å². The molecule has 0 radical (unpaired) electrons. The van der Waals surface area contributed by atoms with Crippen LogP contribution in [0.3, 0.4) is 0 Å². The van der Waals surface area contributed by atoms with E-state index in [1.165, 1.54) is 0 Å². The number of amides is 2. The van der Waals surface area contributed by atoms with Gasteiger partial charge >= 0.3 is 0 Å². The predicted octanol–water partition coefficient (Wildman–Crippen LogP) is -0.467. The number of carbonyl (C=O) groups excluding carboxylic acids is 2. The molecule has 1 rings (SSSR count). The van der Waals surface area contributed by atoms with Crippen LogP contribution in [0.25, 0.3) is 0 Å². The van der Waals surface area contributed by atoms with E-state index in [1.54, 1.807) is 4.90 Å². The van der Waals surface area contributed by atoms with Crippen LogP contribution in [0.2, 0.25) is 0 Å². The molecule has 0 aliphatic carbocycles. The molecule has 5 nitrogen and oxygen atoms in total. The van der Waals surface area contributed by atoms with E-state index in [-0.39, 0.29) is 11.8 Å². The van der Waals surface area contributed by atoms with E-state index in [4.69, 9.17) is 0 Å². The number of nitrogens with zero attached hydrogens (tertiary/aromatic N) is 2. The lowest BCUT2D eigenvalue weighted by Gasteiger charge is -2.34. The van der Waals surface area contributed by atoms with Crippen LogP contribution in [0.4, 0.5) is 0 Å². The molecule has 92 valence electrons. The predicted molar refractivity (Wildman–Crippen MR) is 61.9 cm³/mol. The standard InChI is InChI=1S/C11H21N3O2/c1-3-10(8-12-2)11(16)14-6-4-13(9-15)5-7-14/h9-10,12H,3-8H2,1-2H3. The molecule has 1 aliphatic rings. The van der Waals surface area contributed by atoms with Crippen molar-refractivity contribution in [2.45, 2.75) is 13.3 Å². The van der Waals surface area contributed by atoms with Gasteiger partial charge in [-0.2, -0.15) is 0 Å². The van der Waals surface area contributed by atoms with E-state index in [9.17, 15) is 9.59 Å². The first-order chi connectivity index (χ1) is 7.72. The van der Waals surface area contributed by atoms with Crippen LogP contribution in [0.1, 0.15) is 13.3 Å². The third-order valence-corrected chi connectivity index (χ3v) is 3.07. The molecule has 2 amide bonds. The Kier molecular flexibility index (Phi) is 5.25. The zero-order valence-electron chi connectivity index (χ0n) is 10.1. The maximum absolute atomic E-state index is 12.1. The molecule has 1 N–H and O–H groups in total. The van der Waals surface area contributed by atoms with Gasteiger partial charge in [0.2, 0.25) is 12.3 Å². The summed E-state index contributed by atoms with van der Waals surface area (Å²) in [7, 11) is 1.86. The van der Waals surface area contributed by atoms with Crippen LogP contribution < -0.4 is 5.32 Å². The smallest absolute Gasteiger partial charge is 0.227 e. The fraction of sp³-hybridized carbons (Fsp3) is 0.818. The van der Waals surface area contributed by atoms with Gasteiger partial charge in [-0.15, -0.1) is 0 Å². The molecular weight excluding hydrogens is 206 g/mol. The van der Waals surface area contributed by atoms with Gasteiger partial charge in [-0.25, -0.2) is 0 Å². The third-order valence-electron chi connectivity index (χ3n) is 3.07. The number of hydrogen-bond donors (Lipinski definition) is 1. The van der Waals surface area contributed by atoms with Gasteiger partial charge in [0.15, 0.2) is 0 Å². The van der Waals surface area contributed by atoms with Crippen molar-refractivity contribution in [3.8, 4) is 0 Å². The van der Waals surface area contributed by atoms with Gasteiger partial charge in [-0.1, -0.05) is 6.92 Å². The van der Waals surface area contributed by atoms with Crippen molar-refractivity contribution in [2.75, 3.05) is 39.8 Å². The lowest BCUT2D eigenvalue weighted by atomic mass is 10.0. The molecule has 1 unspecified atom stereocenters. The number of carbonyl (C=O) groups is 2. The zero-order valence-corrected chi connectivity index (χ0v) is 10.1. The van der Waals surface area contributed by atoms with Gasteiger partial charge in [-0.3, -0.25) is 9.59 Å². The topological polar surface area (TPSA) is 52.7 Å². The molecule has 1 saturated heterocycles. The Labute approximate surface area is 96.8 Å². The summed E-state index contributed by atoms with van der Waals surface area (Å²) >= 11 is 0. The Balaban J connectivity index is 2.45. The molecule has 0 aromatic carbocycles. The van der Waals surface area contributed by atoms with Gasteiger partial charge in [-0.05, 0) is 13.5 Å². The van der Waals surface area contributed by atoms with E-state index in [0.717, 1.165) is 19.4 Å². The fourth-order valence-electron chi connectivity index (χ4n) is 1.96. The minimum Gasteiger partial charge on any atom is -0.342 e. The van der Waals surface area contributed by atoms with Crippen molar-refractivity contribution < 1.29 is 9.59 Å². The van der Waals surface area contributed by atoms with Crippen LogP contribution in [-0.4, -0.2) is 61.9 Å². The van der Waals surface area contributed by atoms with Gasteiger partial charge < -0.3 is 15.1 Å². The van der Waals surface area contributed by atoms with Crippen molar-refractivity contribution in [3.05, 3.63) is 0 Å². The van der Waals surface area contributed by atoms with E-state index < -0.39 is 0 Å². The number of piperazine rings is 1. The normalized spacial score (nSPS) is 18.4. The Bertz CT molecular complexity index is 237. The summed E-state index contributed by atoms with van der Waals surface area (Å²) in [5, 5.41) is 3.04. The monoisotopic (exact) mass is 227 g/mol. The average molecular weight is 227 g/mol. The van der Waals surface area contributed by atoms with E-state index in [2.05, 4.69) is 5.32 Å². The minimum atomic E-state index is 0.0628. The Morgan fingerprint density at radius 1 is 1.38 bits per heavy atom. The van der Waals surface area contributed by atoms with Crippen LogP contribution in [0, 0.1) is 5.92 Å². The molecule has 16 heavy (non-hydrogen) atoms. The Morgan fingerprint density at radius 2 is 2.00 bits per heavy atom. The number of nitrogens with one attached hydrogen (secondary N) is 1. The van der Waals surface area contributed by atoms with Crippen LogP contribution in [0.5, 0.6) is 0 Å². The van der Waals surface area contributed by atoms with Crippen molar-refractivity contribution >= 4 is 12.3 Å². The van der Waals surface area contributed by atoms with Gasteiger partial charge in [0.1, 0.15) is 0 Å². The zero-order chi connectivity index (χ0) is 12.0. The van der Waals surface area contributed by atoms with Gasteiger partial charge in [0.25, 0.3) is 0 Å². The molecule has 0 spiro atoms. The highest BCUT2D eigenvalue weighted by Crippen LogP contribution is 2.09. The number of hydrogen-bond acceptors (Lipinski definition) is 3. The Hall–Kier alpha value is -1.10. The van der Waals surface area contributed by atoms with Crippen molar-refractivity contribution in [1.82, 2.24) is 15.1 Å². The lowest BCUT2D eigenvalue weighted by Crippen LogP contribution is -2.50. The second-order valence-corrected chi connectivity index (χ2v) is 4.13. The van der Waals surface area contributed by atoms with Crippen molar-refractivity contribution in [3.63, 3.8) is 0 Å². The minimum absolute atomic E-state index is 0.0628. The van der Waals surface area contributed by atoms with Crippen molar-refractivity contribution in [2.24, 2.45) is 5.92 Å². The highest BCUT2D eigenvalue weighted by Gasteiger charge is 2.25. The van der Waals surface area contributed by atoms with Gasteiger partial charge in [0, 0.05) is 32.7 Å². The Morgan fingerprint density at radius 3 is 2.44 bits per heavy atom. The summed E-state index contributed by atoms with van der Waals surface area (Å²) in [5.74, 6) is 0.273. The quantitative estimate of drug-likeness (QED) is 0.646. The molecular formula is C11H21N3O2. The molecule has 0 aromatic rings. The summed E-state index contributed by atoms with van der Waals surface area (Å²) in [6.45, 7) is 5.40. The highest BCUT2D eigenvalue weighted by molar-refractivity contribution is 5.79. The average Bonchev–Trinajstić information content (AvgIpc) is 2.35. The first-order valence-electron chi connectivity index (χ1n) is 5.85. The molecule has 0 saturated carbocycles. The molecule has 5 heteroatoms. The molecule has 1 atom stereocenters. The summed E-state index contributed by atoms with van der Waals surface area (Å²) < 4.78 is 0. The largest absolute Gasteiger partial charge is 0.342 e. The third kappa shape index (κ3) is 3.20. The van der Waals surface area contributed by atoms with E-state index in [1.807, 2.05) is 18.9 Å². The lowest BCUT2D eigenvalue weighted by molar-refractivity contribution is -0.139. The molecule has 0 aromatic heterocycles. The summed E-state index contributed by atoms with van der Waals surface area (Å²) in [6.07, 6.45) is 1.71. The van der Waals surface area contributed by atoms with E-state index in [0.29, 0.717) is 26.2 Å². The van der Waals surface area contributed by atoms with Crippen molar-refractivity contribution in [1.29, 1.82) is 0 Å². The van der Waals surface area contributed by atoms with Crippen LogP contribution in [-0.2, 0) is 9.59 Å². The first kappa shape index (κ1) is 13.0. The SMILES string of the molecule is CCC(CNC)C(=O)N1CCN(C=O)CC1. The summed E-state index contributed by atoms with van der Waals surface area (Å²) in [5.41, 5.74) is 0. The van der Waals surface area contributed by atoms with Crippen LogP contribution >= 0.6 is 0 Å². The summed E-state index contributed by atoms with van der Waals surface area (Å²) in [4.78, 5) is 26.2. The highest BCUT2D eigenvalue weighted by atomic mass is 16.2. The molecule has 1 aliphatic heterocycles. The molecule has 0 bridgehead atoms. The second-order valence-electron chi connectivity index (χ2n) is 4.13. The second kappa shape index (κ2) is 6.48. The first-order valence-corrected chi connectivity index (χ1v) is 5.85. The fourth-order valence-corrected chi connectivity index (χ4v) is 1.96. The number of rotatable bonds is 5. The molecule has 1 heterocycles.